The molecule has 0 spiro atoms. The molecule has 0 radical (unpaired) electrons. The number of H-pyrrole nitrogens is 2. The fraction of sp³-hybridized carbons (Fsp3) is 0. The Morgan fingerprint density at radius 2 is 1.67 bits per heavy atom. The van der Waals surface area contributed by atoms with Crippen molar-refractivity contribution in [3.8, 4) is 5.88 Å². The summed E-state index contributed by atoms with van der Waals surface area (Å²) >= 11 is 0. The molecule has 0 aliphatic carbocycles. The number of benzene rings is 3. The fourth-order valence-corrected chi connectivity index (χ4v) is 4.30. The first kappa shape index (κ1) is 23.6. The highest BCUT2D eigenvalue weighted by Crippen LogP contribution is 2.32. The van der Waals surface area contributed by atoms with E-state index in [1.54, 1.807) is 48.7 Å². The number of fused-ring (bicyclic) bond motifs is 2. The number of aromatic carboxylic acids is 1. The van der Waals surface area contributed by atoms with Gasteiger partial charge in [0.15, 0.2) is 11.7 Å². The van der Waals surface area contributed by atoms with Crippen molar-refractivity contribution in [1.82, 2.24) is 19.9 Å². The second-order valence-electron chi connectivity index (χ2n) is 8.69. The minimum Gasteiger partial charge on any atom is -0.494 e. The number of amides is 1. The van der Waals surface area contributed by atoms with E-state index >= 15 is 0 Å². The van der Waals surface area contributed by atoms with Crippen LogP contribution < -0.4 is 5.32 Å². The number of aromatic nitrogens is 4. The smallest absolute Gasteiger partial charge is 0.335 e. The number of aromatic hydroxyl groups is 1. The molecule has 0 atom stereocenters. The quantitative estimate of drug-likeness (QED) is 0.190. The number of carbonyl (C=O) groups is 2. The van der Waals surface area contributed by atoms with Gasteiger partial charge >= 0.3 is 5.97 Å². The van der Waals surface area contributed by atoms with Gasteiger partial charge in [0.05, 0.1) is 39.1 Å². The van der Waals surface area contributed by atoms with E-state index in [0.29, 0.717) is 44.8 Å². The number of carbonyl (C=O) groups excluding carboxylic acids is 1. The molecule has 0 aliphatic rings. The second-order valence-corrected chi connectivity index (χ2v) is 8.69. The second kappa shape index (κ2) is 9.60. The zero-order chi connectivity index (χ0) is 26.9. The van der Waals surface area contributed by atoms with Crippen LogP contribution in [0.25, 0.3) is 21.9 Å². The lowest BCUT2D eigenvalue weighted by Crippen LogP contribution is -2.13. The normalized spacial score (nSPS) is 11.6. The summed E-state index contributed by atoms with van der Waals surface area (Å²) in [7, 11) is 0. The molecule has 3 aromatic carbocycles. The predicted molar refractivity (Wildman–Crippen MR) is 147 cm³/mol. The lowest BCUT2D eigenvalue weighted by molar-refractivity contribution is 0.0696. The highest BCUT2D eigenvalue weighted by Gasteiger charge is 2.20. The molecular weight excluding hydrogens is 496 g/mol. The number of carboxylic acids is 1. The molecule has 0 saturated heterocycles. The number of imidazole rings is 1. The van der Waals surface area contributed by atoms with Crippen LogP contribution in [0.4, 0.5) is 11.4 Å². The van der Waals surface area contributed by atoms with Gasteiger partial charge in [0.2, 0.25) is 0 Å². The van der Waals surface area contributed by atoms with E-state index in [-0.39, 0.29) is 17.3 Å². The number of hydrogen-bond acceptors (Lipinski definition) is 6. The van der Waals surface area contributed by atoms with Crippen molar-refractivity contribution >= 4 is 50.9 Å². The monoisotopic (exact) mass is 516 g/mol. The molecule has 3 heterocycles. The van der Waals surface area contributed by atoms with E-state index in [4.69, 9.17) is 4.99 Å². The third kappa shape index (κ3) is 4.58. The van der Waals surface area contributed by atoms with Crippen LogP contribution >= 0.6 is 0 Å². The number of nitrogens with one attached hydrogen (secondary N) is 3. The van der Waals surface area contributed by atoms with Gasteiger partial charge in [-0.2, -0.15) is 0 Å². The first-order valence-corrected chi connectivity index (χ1v) is 11.9. The molecule has 0 unspecified atom stereocenters. The summed E-state index contributed by atoms with van der Waals surface area (Å²) in [5.74, 6) is -1.38. The van der Waals surface area contributed by atoms with E-state index < -0.39 is 11.9 Å². The van der Waals surface area contributed by atoms with Crippen molar-refractivity contribution in [2.75, 3.05) is 5.32 Å². The van der Waals surface area contributed by atoms with E-state index in [0.717, 1.165) is 5.52 Å². The third-order valence-corrected chi connectivity index (χ3v) is 6.14. The number of para-hydroxylation sites is 2. The zero-order valence-electron chi connectivity index (χ0n) is 20.2. The lowest BCUT2D eigenvalue weighted by Gasteiger charge is -2.08. The van der Waals surface area contributed by atoms with Crippen LogP contribution in [-0.2, 0) is 0 Å². The van der Waals surface area contributed by atoms with Crippen molar-refractivity contribution in [2.45, 2.75) is 0 Å². The number of aliphatic imine (C=N–C) groups is 1. The van der Waals surface area contributed by atoms with Crippen molar-refractivity contribution in [1.29, 1.82) is 0 Å². The SMILES string of the molecule is O=C(O)c1ccc(N=C(c2ccccn2)c2c(O)[nH]c3cc(NC(=O)c4nc5ccccc5[nH]4)ccc23)cc1. The molecule has 190 valence electrons. The largest absolute Gasteiger partial charge is 0.494 e. The topological polar surface area (TPSA) is 156 Å². The molecule has 0 aliphatic heterocycles. The number of aromatic amines is 2. The van der Waals surface area contributed by atoms with Crippen LogP contribution in [0.1, 0.15) is 32.2 Å². The summed E-state index contributed by atoms with van der Waals surface area (Å²) in [4.78, 5) is 43.5. The van der Waals surface area contributed by atoms with E-state index in [1.807, 2.05) is 30.3 Å². The van der Waals surface area contributed by atoms with Gasteiger partial charge < -0.3 is 25.5 Å². The maximum absolute atomic E-state index is 12.8. The minimum atomic E-state index is -1.03. The number of nitrogens with zero attached hydrogens (tertiary/aromatic N) is 3. The molecule has 5 N–H and O–H groups in total. The van der Waals surface area contributed by atoms with Crippen LogP contribution in [0.5, 0.6) is 5.88 Å². The number of carboxylic acid groups (broad SMARTS) is 1. The number of hydrogen-bond donors (Lipinski definition) is 5. The standard InChI is InChI=1S/C29H20N6O4/c36-27-24(25(22-7-3-4-14-30-22)31-17-10-8-16(9-11-17)29(38)39)19-13-12-18(15-23(19)35-27)32-28(37)26-33-20-5-1-2-6-21(20)34-26/h1-15,35-36H,(H,32,37)(H,33,34)(H,38,39). The molecule has 10 nitrogen and oxygen atoms in total. The first-order chi connectivity index (χ1) is 19.0. The maximum Gasteiger partial charge on any atom is 0.335 e. The third-order valence-electron chi connectivity index (χ3n) is 6.14. The van der Waals surface area contributed by atoms with Crippen molar-refractivity contribution < 1.29 is 19.8 Å². The van der Waals surface area contributed by atoms with Crippen LogP contribution in [0.3, 0.4) is 0 Å². The van der Waals surface area contributed by atoms with Crippen molar-refractivity contribution in [2.24, 2.45) is 4.99 Å². The number of pyridine rings is 1. The summed E-state index contributed by atoms with van der Waals surface area (Å²) < 4.78 is 0. The molecule has 10 heteroatoms. The van der Waals surface area contributed by atoms with Gasteiger partial charge in [-0.3, -0.25) is 9.78 Å². The Bertz CT molecular complexity index is 1860. The Kier molecular flexibility index (Phi) is 5.81. The van der Waals surface area contributed by atoms with Crippen molar-refractivity contribution in [3.05, 3.63) is 114 Å². The van der Waals surface area contributed by atoms with Crippen molar-refractivity contribution in [3.63, 3.8) is 0 Å². The van der Waals surface area contributed by atoms with E-state index in [9.17, 15) is 19.8 Å². The Labute approximate surface area is 220 Å². The summed E-state index contributed by atoms with van der Waals surface area (Å²) in [6, 6.07) is 24.0. The van der Waals surface area contributed by atoms with Gasteiger partial charge in [-0.05, 0) is 66.7 Å². The molecular formula is C29H20N6O4. The predicted octanol–water partition coefficient (Wildman–Crippen LogP) is 5.26. The van der Waals surface area contributed by atoms with Gasteiger partial charge in [0.25, 0.3) is 5.91 Å². The van der Waals surface area contributed by atoms with Crippen LogP contribution in [0.15, 0.2) is 96.1 Å². The Hall–Kier alpha value is -5.77. The number of anilines is 1. The minimum absolute atomic E-state index is 0.127. The zero-order valence-corrected chi connectivity index (χ0v) is 20.2. The van der Waals surface area contributed by atoms with Gasteiger partial charge in [-0.1, -0.05) is 18.2 Å². The highest BCUT2D eigenvalue weighted by molar-refractivity contribution is 6.21. The summed E-state index contributed by atoms with van der Waals surface area (Å²) in [5, 5.41) is 23.6. The Morgan fingerprint density at radius 3 is 2.41 bits per heavy atom. The molecule has 6 aromatic rings. The van der Waals surface area contributed by atoms with Gasteiger partial charge in [0, 0.05) is 17.3 Å². The maximum atomic E-state index is 12.8. The first-order valence-electron chi connectivity index (χ1n) is 11.9. The van der Waals surface area contributed by atoms with E-state index in [2.05, 4.69) is 25.3 Å². The lowest BCUT2D eigenvalue weighted by atomic mass is 10.0. The summed E-state index contributed by atoms with van der Waals surface area (Å²) in [6.45, 7) is 0. The Morgan fingerprint density at radius 1 is 0.872 bits per heavy atom. The molecule has 3 aromatic heterocycles. The molecule has 1 amide bonds. The molecule has 0 fully saturated rings. The Balaban J connectivity index is 1.37. The molecule has 39 heavy (non-hydrogen) atoms. The average Bonchev–Trinajstić information content (AvgIpc) is 3.53. The van der Waals surface area contributed by atoms with Crippen LogP contribution in [0.2, 0.25) is 0 Å². The van der Waals surface area contributed by atoms with Crippen LogP contribution in [-0.4, -0.2) is 47.7 Å². The fourth-order valence-electron chi connectivity index (χ4n) is 4.30. The molecule has 0 bridgehead atoms. The van der Waals surface area contributed by atoms with Gasteiger partial charge in [-0.15, -0.1) is 0 Å². The van der Waals surface area contributed by atoms with Crippen LogP contribution in [0, 0.1) is 0 Å². The average molecular weight is 517 g/mol. The summed E-state index contributed by atoms with van der Waals surface area (Å²) in [6.07, 6.45) is 1.62. The van der Waals surface area contributed by atoms with Gasteiger partial charge in [-0.25, -0.2) is 14.8 Å². The van der Waals surface area contributed by atoms with Gasteiger partial charge in [0.1, 0.15) is 5.71 Å². The molecule has 0 saturated carbocycles. The van der Waals surface area contributed by atoms with E-state index in [1.165, 1.54) is 12.1 Å². The highest BCUT2D eigenvalue weighted by atomic mass is 16.4. The number of rotatable bonds is 6. The summed E-state index contributed by atoms with van der Waals surface area (Å²) in [5.41, 5.74) is 4.47. The molecule has 6 rings (SSSR count).